The van der Waals surface area contributed by atoms with Crippen LogP contribution in [-0.2, 0) is 16.1 Å². The Labute approximate surface area is 153 Å². The fourth-order valence-electron chi connectivity index (χ4n) is 2.38. The fraction of sp³-hybridized carbons (Fsp3) is 0.400. The predicted octanol–water partition coefficient (Wildman–Crippen LogP) is 1.49. The number of nitrogens with one attached hydrogen (secondary N) is 2. The van der Waals surface area contributed by atoms with Crippen LogP contribution in [0.4, 0.5) is 5.69 Å². The van der Waals surface area contributed by atoms with Gasteiger partial charge in [-0.2, -0.15) is 5.10 Å². The third kappa shape index (κ3) is 6.09. The van der Waals surface area contributed by atoms with Crippen molar-refractivity contribution in [3.63, 3.8) is 0 Å². The van der Waals surface area contributed by atoms with Crippen molar-refractivity contribution in [3.8, 4) is 0 Å². The molecule has 1 aliphatic heterocycles. The number of ether oxygens (including phenoxy) is 1. The molecule has 0 aliphatic carbocycles. The van der Waals surface area contributed by atoms with Crippen LogP contribution in [0.1, 0.15) is 12.0 Å². The summed E-state index contributed by atoms with van der Waals surface area (Å²) in [5.41, 5.74) is 1.82. The Balaban J connectivity index is 0.00000144. The van der Waals surface area contributed by atoms with Crippen molar-refractivity contribution in [2.75, 3.05) is 25.1 Å². The molecule has 1 unspecified atom stereocenters. The summed E-state index contributed by atoms with van der Waals surface area (Å²) in [7, 11) is 0. The minimum absolute atomic E-state index is 0. The number of hydrogen-bond acceptors (Lipinski definition) is 5. The first-order valence-electron chi connectivity index (χ1n) is 7.32. The number of hydrogen-bond donors (Lipinski definition) is 2. The minimum Gasteiger partial charge on any atom is -0.378 e. The standard InChI is InChI=1S/C15H19N5O2.2ClH/c21-15(7-13-11-22-6-5-17-13)19-14-8-18-20(10-14)9-12-1-3-16-4-2-12;;/h1-4,8,10,13,17H,5-7,9,11H2,(H,19,21);2*1H. The molecule has 1 atom stereocenters. The normalized spacial score (nSPS) is 16.6. The van der Waals surface area contributed by atoms with Crippen molar-refractivity contribution in [3.05, 3.63) is 42.5 Å². The summed E-state index contributed by atoms with van der Waals surface area (Å²) in [6.45, 7) is 2.73. The van der Waals surface area contributed by atoms with Gasteiger partial charge in [0.1, 0.15) is 0 Å². The van der Waals surface area contributed by atoms with Crippen LogP contribution in [0.2, 0.25) is 0 Å². The second-order valence-corrected chi connectivity index (χ2v) is 5.26. The lowest BCUT2D eigenvalue weighted by Crippen LogP contribution is -2.43. The van der Waals surface area contributed by atoms with Gasteiger partial charge in [-0.05, 0) is 17.7 Å². The summed E-state index contributed by atoms with van der Waals surface area (Å²) in [5.74, 6) is -0.0357. The molecule has 3 heterocycles. The van der Waals surface area contributed by atoms with Crippen LogP contribution in [0, 0.1) is 0 Å². The molecule has 0 aromatic carbocycles. The Kier molecular flexibility index (Phi) is 8.70. The van der Waals surface area contributed by atoms with Gasteiger partial charge < -0.3 is 15.4 Å². The second kappa shape index (κ2) is 10.2. The number of rotatable bonds is 5. The molecule has 3 rings (SSSR count). The van der Waals surface area contributed by atoms with Crippen LogP contribution >= 0.6 is 24.8 Å². The van der Waals surface area contributed by atoms with Crippen LogP contribution < -0.4 is 10.6 Å². The third-order valence-electron chi connectivity index (χ3n) is 3.44. The summed E-state index contributed by atoms with van der Waals surface area (Å²) in [5, 5.41) is 10.4. The smallest absolute Gasteiger partial charge is 0.226 e. The van der Waals surface area contributed by atoms with E-state index < -0.39 is 0 Å². The van der Waals surface area contributed by atoms with E-state index in [1.165, 1.54) is 0 Å². The Hall–Kier alpha value is -1.67. The van der Waals surface area contributed by atoms with E-state index in [0.717, 1.165) is 12.1 Å². The molecule has 24 heavy (non-hydrogen) atoms. The zero-order chi connectivity index (χ0) is 15.2. The number of anilines is 1. The van der Waals surface area contributed by atoms with Crippen LogP contribution in [0.3, 0.4) is 0 Å². The predicted molar refractivity (Wildman–Crippen MR) is 95.9 cm³/mol. The molecule has 1 fully saturated rings. The van der Waals surface area contributed by atoms with Gasteiger partial charge in [0.25, 0.3) is 0 Å². The lowest BCUT2D eigenvalue weighted by atomic mass is 10.2. The van der Waals surface area contributed by atoms with E-state index in [2.05, 4.69) is 20.7 Å². The molecule has 1 aliphatic rings. The summed E-state index contributed by atoms with van der Waals surface area (Å²) >= 11 is 0. The molecular weight excluding hydrogens is 353 g/mol. The molecule has 0 spiro atoms. The Bertz CT molecular complexity index is 617. The number of nitrogens with zero attached hydrogens (tertiary/aromatic N) is 3. The molecule has 7 nitrogen and oxygen atoms in total. The Morgan fingerprint density at radius 3 is 2.88 bits per heavy atom. The highest BCUT2D eigenvalue weighted by molar-refractivity contribution is 5.90. The van der Waals surface area contributed by atoms with Gasteiger partial charge in [-0.15, -0.1) is 24.8 Å². The summed E-state index contributed by atoms with van der Waals surface area (Å²) in [4.78, 5) is 16.0. The van der Waals surface area contributed by atoms with Gasteiger partial charge in [0.2, 0.25) is 5.91 Å². The highest BCUT2D eigenvalue weighted by atomic mass is 35.5. The van der Waals surface area contributed by atoms with Gasteiger partial charge in [0.15, 0.2) is 0 Å². The Morgan fingerprint density at radius 1 is 1.38 bits per heavy atom. The summed E-state index contributed by atoms with van der Waals surface area (Å²) in [6.07, 6.45) is 7.38. The topological polar surface area (TPSA) is 81.1 Å². The largest absolute Gasteiger partial charge is 0.378 e. The molecule has 2 N–H and O–H groups in total. The Morgan fingerprint density at radius 2 is 2.17 bits per heavy atom. The van der Waals surface area contributed by atoms with Crippen LogP contribution in [-0.4, -0.2) is 46.5 Å². The highest BCUT2D eigenvalue weighted by Crippen LogP contribution is 2.09. The average Bonchev–Trinajstić information content (AvgIpc) is 2.96. The maximum atomic E-state index is 12.0. The number of halogens is 2. The van der Waals surface area contributed by atoms with Crippen molar-refractivity contribution >= 4 is 36.4 Å². The number of amides is 1. The van der Waals surface area contributed by atoms with E-state index in [-0.39, 0.29) is 36.8 Å². The lowest BCUT2D eigenvalue weighted by Gasteiger charge is -2.23. The van der Waals surface area contributed by atoms with E-state index in [9.17, 15) is 4.79 Å². The molecular formula is C15H21Cl2N5O2. The zero-order valence-corrected chi connectivity index (χ0v) is 14.7. The van der Waals surface area contributed by atoms with Crippen molar-refractivity contribution in [1.82, 2.24) is 20.1 Å². The molecule has 2 aromatic rings. The summed E-state index contributed by atoms with van der Waals surface area (Å²) in [6, 6.07) is 3.96. The SMILES string of the molecule is Cl.Cl.O=C(CC1COCCN1)Nc1cnn(Cc2ccncc2)c1. The minimum atomic E-state index is -0.0357. The highest BCUT2D eigenvalue weighted by Gasteiger charge is 2.17. The molecule has 1 amide bonds. The van der Waals surface area contributed by atoms with Gasteiger partial charge >= 0.3 is 0 Å². The molecule has 2 aromatic heterocycles. The van der Waals surface area contributed by atoms with E-state index in [0.29, 0.717) is 31.9 Å². The first kappa shape index (κ1) is 20.4. The molecule has 0 radical (unpaired) electrons. The van der Waals surface area contributed by atoms with Crippen molar-refractivity contribution in [2.45, 2.75) is 19.0 Å². The van der Waals surface area contributed by atoms with Crippen molar-refractivity contribution in [2.24, 2.45) is 0 Å². The van der Waals surface area contributed by atoms with E-state index in [1.807, 2.05) is 18.3 Å². The number of aromatic nitrogens is 3. The van der Waals surface area contributed by atoms with Gasteiger partial charge in [0, 0.05) is 37.6 Å². The van der Waals surface area contributed by atoms with E-state index >= 15 is 0 Å². The van der Waals surface area contributed by atoms with Gasteiger partial charge in [-0.1, -0.05) is 0 Å². The van der Waals surface area contributed by atoms with Gasteiger partial charge in [-0.25, -0.2) is 0 Å². The quantitative estimate of drug-likeness (QED) is 0.829. The number of pyridine rings is 1. The summed E-state index contributed by atoms with van der Waals surface area (Å²) < 4.78 is 7.12. The monoisotopic (exact) mass is 373 g/mol. The second-order valence-electron chi connectivity index (χ2n) is 5.26. The third-order valence-corrected chi connectivity index (χ3v) is 3.44. The number of carbonyl (C=O) groups is 1. The molecule has 1 saturated heterocycles. The lowest BCUT2D eigenvalue weighted by molar-refractivity contribution is -0.117. The van der Waals surface area contributed by atoms with E-state index in [1.54, 1.807) is 23.3 Å². The molecule has 9 heteroatoms. The van der Waals surface area contributed by atoms with Crippen LogP contribution in [0.25, 0.3) is 0 Å². The molecule has 132 valence electrons. The van der Waals surface area contributed by atoms with Crippen molar-refractivity contribution < 1.29 is 9.53 Å². The van der Waals surface area contributed by atoms with Crippen LogP contribution in [0.5, 0.6) is 0 Å². The maximum Gasteiger partial charge on any atom is 0.226 e. The first-order valence-corrected chi connectivity index (χ1v) is 7.32. The van der Waals surface area contributed by atoms with Gasteiger partial charge in [-0.3, -0.25) is 14.5 Å². The van der Waals surface area contributed by atoms with Gasteiger partial charge in [0.05, 0.1) is 31.6 Å². The van der Waals surface area contributed by atoms with E-state index in [4.69, 9.17) is 4.74 Å². The number of carbonyl (C=O) groups excluding carboxylic acids is 1. The first-order chi connectivity index (χ1) is 10.8. The fourth-order valence-corrected chi connectivity index (χ4v) is 2.38. The average molecular weight is 374 g/mol. The van der Waals surface area contributed by atoms with Crippen molar-refractivity contribution in [1.29, 1.82) is 0 Å². The zero-order valence-electron chi connectivity index (χ0n) is 13.1. The maximum absolute atomic E-state index is 12.0. The number of morpholine rings is 1. The molecule has 0 saturated carbocycles. The molecule has 0 bridgehead atoms. The van der Waals surface area contributed by atoms with Crippen LogP contribution in [0.15, 0.2) is 36.9 Å².